The van der Waals surface area contributed by atoms with E-state index in [-0.39, 0.29) is 6.10 Å². The van der Waals surface area contributed by atoms with Gasteiger partial charge in [0.05, 0.1) is 30.8 Å². The molecule has 0 aliphatic rings. The van der Waals surface area contributed by atoms with Gasteiger partial charge in [-0.2, -0.15) is 5.10 Å². The van der Waals surface area contributed by atoms with Gasteiger partial charge in [0.1, 0.15) is 0 Å². The van der Waals surface area contributed by atoms with Crippen molar-refractivity contribution in [2.24, 2.45) is 5.10 Å². The van der Waals surface area contributed by atoms with Crippen molar-refractivity contribution in [2.45, 2.75) is 39.9 Å². The van der Waals surface area contributed by atoms with Gasteiger partial charge in [-0.05, 0) is 37.5 Å². The van der Waals surface area contributed by atoms with Crippen LogP contribution in [-0.4, -0.2) is 22.0 Å². The lowest BCUT2D eigenvalue weighted by Gasteiger charge is -2.10. The summed E-state index contributed by atoms with van der Waals surface area (Å²) in [6, 6.07) is 8.11. The molecule has 1 aromatic carbocycles. The van der Waals surface area contributed by atoms with Crippen LogP contribution in [0.1, 0.15) is 37.1 Å². The lowest BCUT2D eigenvalue weighted by molar-refractivity contribution is 0.0508. The second-order valence-corrected chi connectivity index (χ2v) is 5.10. The Bertz CT molecular complexity index is 618. The molecular weight excluding hydrogens is 264 g/mol. The molecule has 5 nitrogen and oxygen atoms in total. The third kappa shape index (κ3) is 4.43. The standard InChI is InChI=1S/C16H22N4O/c1-4-13(3)21-11-15-7-5-6-14(8-15)9-18-20-10-12(2)19-16(20)17/h5-10,13H,4,11H2,1-3H3,(H2,17,19). The molecule has 112 valence electrons. The number of hydrogen-bond acceptors (Lipinski definition) is 4. The normalized spacial score (nSPS) is 12.9. The first-order valence-corrected chi connectivity index (χ1v) is 7.15. The molecule has 0 radical (unpaired) electrons. The molecule has 0 spiro atoms. The number of aromatic nitrogens is 2. The van der Waals surface area contributed by atoms with E-state index in [0.29, 0.717) is 12.6 Å². The van der Waals surface area contributed by atoms with Crippen molar-refractivity contribution in [2.75, 3.05) is 5.73 Å². The maximum Gasteiger partial charge on any atom is 0.221 e. The fraction of sp³-hybridized carbons (Fsp3) is 0.375. The van der Waals surface area contributed by atoms with Gasteiger partial charge < -0.3 is 10.5 Å². The summed E-state index contributed by atoms with van der Waals surface area (Å²) >= 11 is 0. The molecule has 2 rings (SSSR count). The lowest BCUT2D eigenvalue weighted by atomic mass is 10.1. The largest absolute Gasteiger partial charge is 0.374 e. The van der Waals surface area contributed by atoms with Crippen molar-refractivity contribution in [3.63, 3.8) is 0 Å². The Labute approximate surface area is 125 Å². The van der Waals surface area contributed by atoms with E-state index in [1.54, 1.807) is 17.1 Å². The van der Waals surface area contributed by atoms with E-state index in [0.717, 1.165) is 23.2 Å². The third-order valence-electron chi connectivity index (χ3n) is 3.23. The highest BCUT2D eigenvalue weighted by Crippen LogP contribution is 2.09. The van der Waals surface area contributed by atoms with Crippen molar-refractivity contribution >= 4 is 12.2 Å². The minimum Gasteiger partial charge on any atom is -0.374 e. The molecule has 5 heteroatoms. The zero-order chi connectivity index (χ0) is 15.2. The molecule has 1 unspecified atom stereocenters. The fourth-order valence-electron chi connectivity index (χ4n) is 1.84. The molecule has 0 saturated carbocycles. The zero-order valence-corrected chi connectivity index (χ0v) is 12.8. The number of benzene rings is 1. The first-order chi connectivity index (χ1) is 10.1. The predicted molar refractivity (Wildman–Crippen MR) is 85.4 cm³/mol. The highest BCUT2D eigenvalue weighted by molar-refractivity contribution is 5.79. The Morgan fingerprint density at radius 3 is 2.95 bits per heavy atom. The van der Waals surface area contributed by atoms with Crippen LogP contribution in [0.3, 0.4) is 0 Å². The summed E-state index contributed by atoms with van der Waals surface area (Å²) < 4.78 is 7.30. The van der Waals surface area contributed by atoms with Gasteiger partial charge >= 0.3 is 0 Å². The first kappa shape index (κ1) is 15.3. The Hall–Kier alpha value is -2.14. The second kappa shape index (κ2) is 7.04. The summed E-state index contributed by atoms with van der Waals surface area (Å²) in [6.07, 6.45) is 4.85. The van der Waals surface area contributed by atoms with Crippen molar-refractivity contribution in [1.29, 1.82) is 0 Å². The van der Waals surface area contributed by atoms with Gasteiger partial charge in [-0.1, -0.05) is 25.1 Å². The van der Waals surface area contributed by atoms with E-state index < -0.39 is 0 Å². The van der Waals surface area contributed by atoms with Crippen molar-refractivity contribution < 1.29 is 4.74 Å². The number of nitrogens with two attached hydrogens (primary N) is 1. The summed E-state index contributed by atoms with van der Waals surface area (Å²) in [5.41, 5.74) is 8.74. The van der Waals surface area contributed by atoms with Gasteiger partial charge in [0.2, 0.25) is 5.95 Å². The average molecular weight is 286 g/mol. The van der Waals surface area contributed by atoms with Gasteiger partial charge in [-0.25, -0.2) is 9.66 Å². The molecule has 1 heterocycles. The van der Waals surface area contributed by atoms with Gasteiger partial charge in [0, 0.05) is 0 Å². The molecule has 2 aromatic rings. The molecule has 1 atom stereocenters. The number of nitrogen functional groups attached to an aromatic ring is 1. The maximum absolute atomic E-state index is 5.75. The molecule has 0 amide bonds. The molecule has 0 aliphatic carbocycles. The Kier molecular flexibility index (Phi) is 5.11. The zero-order valence-electron chi connectivity index (χ0n) is 12.8. The quantitative estimate of drug-likeness (QED) is 0.830. The van der Waals surface area contributed by atoms with Gasteiger partial charge in [0.15, 0.2) is 0 Å². The van der Waals surface area contributed by atoms with Crippen molar-refractivity contribution in [3.05, 3.63) is 47.3 Å². The van der Waals surface area contributed by atoms with E-state index in [4.69, 9.17) is 10.5 Å². The fourth-order valence-corrected chi connectivity index (χ4v) is 1.84. The topological polar surface area (TPSA) is 65.4 Å². The van der Waals surface area contributed by atoms with Crippen LogP contribution >= 0.6 is 0 Å². The van der Waals surface area contributed by atoms with Crippen molar-refractivity contribution in [3.8, 4) is 0 Å². The van der Waals surface area contributed by atoms with Crippen LogP contribution in [0.5, 0.6) is 0 Å². The van der Waals surface area contributed by atoms with Crippen LogP contribution in [0, 0.1) is 6.92 Å². The van der Waals surface area contributed by atoms with E-state index in [2.05, 4.69) is 36.1 Å². The summed E-state index contributed by atoms with van der Waals surface area (Å²) in [5, 5.41) is 4.31. The summed E-state index contributed by atoms with van der Waals surface area (Å²) in [5.74, 6) is 0.389. The molecule has 0 fully saturated rings. The van der Waals surface area contributed by atoms with Crippen LogP contribution in [-0.2, 0) is 11.3 Å². The molecule has 0 bridgehead atoms. The molecule has 0 saturated heterocycles. The second-order valence-electron chi connectivity index (χ2n) is 5.10. The smallest absolute Gasteiger partial charge is 0.221 e. The molecule has 0 aliphatic heterocycles. The first-order valence-electron chi connectivity index (χ1n) is 7.15. The van der Waals surface area contributed by atoms with Gasteiger partial charge in [-0.3, -0.25) is 0 Å². The maximum atomic E-state index is 5.75. The van der Waals surface area contributed by atoms with Crippen LogP contribution < -0.4 is 5.73 Å². The molecule has 21 heavy (non-hydrogen) atoms. The highest BCUT2D eigenvalue weighted by atomic mass is 16.5. The van der Waals surface area contributed by atoms with E-state index in [1.807, 2.05) is 19.1 Å². The summed E-state index contributed by atoms with van der Waals surface area (Å²) in [4.78, 5) is 4.11. The Balaban J connectivity index is 2.05. The minimum atomic E-state index is 0.274. The molecular formula is C16H22N4O. The minimum absolute atomic E-state index is 0.274. The Morgan fingerprint density at radius 1 is 1.48 bits per heavy atom. The van der Waals surface area contributed by atoms with E-state index >= 15 is 0 Å². The SMILES string of the molecule is CCC(C)OCc1cccc(C=Nn2cc(C)nc2N)c1. The lowest BCUT2D eigenvalue weighted by Crippen LogP contribution is -2.06. The van der Waals surface area contributed by atoms with Gasteiger partial charge in [-0.15, -0.1) is 0 Å². The number of ether oxygens (including phenoxy) is 1. The van der Waals surface area contributed by atoms with Gasteiger partial charge in [0.25, 0.3) is 0 Å². The third-order valence-corrected chi connectivity index (χ3v) is 3.23. The highest BCUT2D eigenvalue weighted by Gasteiger charge is 2.01. The number of rotatable bonds is 6. The Morgan fingerprint density at radius 2 is 2.29 bits per heavy atom. The predicted octanol–water partition coefficient (Wildman–Crippen LogP) is 2.97. The number of aryl methyl sites for hydroxylation is 1. The van der Waals surface area contributed by atoms with Crippen LogP contribution in [0.2, 0.25) is 0 Å². The number of nitrogens with zero attached hydrogens (tertiary/aromatic N) is 3. The average Bonchev–Trinajstić information content (AvgIpc) is 2.81. The van der Waals surface area contributed by atoms with Crippen LogP contribution in [0.15, 0.2) is 35.6 Å². The number of imidazole rings is 1. The molecule has 1 aromatic heterocycles. The monoisotopic (exact) mass is 286 g/mol. The van der Waals surface area contributed by atoms with Crippen molar-refractivity contribution in [1.82, 2.24) is 9.66 Å². The summed E-state index contributed by atoms with van der Waals surface area (Å²) in [7, 11) is 0. The molecule has 2 N–H and O–H groups in total. The number of hydrogen-bond donors (Lipinski definition) is 1. The van der Waals surface area contributed by atoms with E-state index in [1.165, 1.54) is 0 Å². The van der Waals surface area contributed by atoms with Crippen LogP contribution in [0.25, 0.3) is 0 Å². The van der Waals surface area contributed by atoms with E-state index in [9.17, 15) is 0 Å². The summed E-state index contributed by atoms with van der Waals surface area (Å²) in [6.45, 7) is 6.69. The van der Waals surface area contributed by atoms with Crippen LogP contribution in [0.4, 0.5) is 5.95 Å². The number of anilines is 1.